The molecule has 0 aromatic carbocycles. The predicted octanol–water partition coefficient (Wildman–Crippen LogP) is -0.497. The maximum absolute atomic E-state index is 10.6. The second-order valence-corrected chi connectivity index (χ2v) is 6.76. The lowest BCUT2D eigenvalue weighted by Gasteiger charge is -2.23. The second-order valence-electron chi connectivity index (χ2n) is 6.76. The molecular formula is C20H40N2O11. The summed E-state index contributed by atoms with van der Waals surface area (Å²) in [5.41, 5.74) is 0. The molecule has 0 aliphatic heterocycles. The molecule has 0 amide bonds. The van der Waals surface area contributed by atoms with E-state index < -0.39 is 50.1 Å². The Labute approximate surface area is 194 Å². The Morgan fingerprint density at radius 1 is 0.606 bits per heavy atom. The zero-order valence-corrected chi connectivity index (χ0v) is 19.5. The van der Waals surface area contributed by atoms with Crippen LogP contribution in [0.25, 0.3) is 0 Å². The smallest absolute Gasteiger partial charge is 0.317 e. The van der Waals surface area contributed by atoms with E-state index >= 15 is 0 Å². The Balaban J connectivity index is -0.000000569. The quantitative estimate of drug-likeness (QED) is 0.136. The number of hydrogen-bond acceptors (Lipinski definition) is 9. The summed E-state index contributed by atoms with van der Waals surface area (Å²) in [5.74, 6) is -4.91. The molecule has 0 heterocycles. The summed E-state index contributed by atoms with van der Waals surface area (Å²) in [4.78, 5) is 44.4. The van der Waals surface area contributed by atoms with Crippen LogP contribution < -0.4 is 0 Å². The molecule has 6 N–H and O–H groups in total. The summed E-state index contributed by atoms with van der Waals surface area (Å²) in [5, 5.41) is 49.7. The molecule has 0 aliphatic carbocycles. The minimum Gasteiger partial charge on any atom is -0.480 e. The van der Waals surface area contributed by atoms with Crippen LogP contribution in [-0.2, 0) is 23.9 Å². The van der Waals surface area contributed by atoms with E-state index in [4.69, 9.17) is 35.4 Å². The van der Waals surface area contributed by atoms with Gasteiger partial charge in [-0.1, -0.05) is 26.7 Å². The molecule has 0 atom stereocenters. The molecule has 13 heteroatoms. The molecule has 0 bridgehead atoms. The third kappa shape index (κ3) is 34.5. The Hall–Kier alpha value is -2.32. The largest absolute Gasteiger partial charge is 0.480 e. The van der Waals surface area contributed by atoms with Gasteiger partial charge in [0, 0.05) is 26.3 Å². The number of nitrogens with zero attached hydrogens (tertiary/aromatic N) is 2. The van der Waals surface area contributed by atoms with Crippen LogP contribution in [0.15, 0.2) is 0 Å². The van der Waals surface area contributed by atoms with Gasteiger partial charge in [-0.25, -0.2) is 0 Å². The number of aliphatic hydroxyl groups is 2. The van der Waals surface area contributed by atoms with Crippen molar-refractivity contribution in [3.63, 3.8) is 0 Å². The van der Waals surface area contributed by atoms with Crippen molar-refractivity contribution in [3.8, 4) is 0 Å². The van der Waals surface area contributed by atoms with E-state index in [0.717, 1.165) is 23.0 Å². The Morgan fingerprint density at radius 2 is 0.879 bits per heavy atom. The Morgan fingerprint density at radius 3 is 1.06 bits per heavy atom. The van der Waals surface area contributed by atoms with E-state index in [0.29, 0.717) is 0 Å². The lowest BCUT2D eigenvalue weighted by molar-refractivity contribution is -0.145. The minimum atomic E-state index is -1.23. The van der Waals surface area contributed by atoms with Crippen molar-refractivity contribution >= 4 is 23.9 Å². The van der Waals surface area contributed by atoms with Gasteiger partial charge in [0.2, 0.25) is 0 Å². The van der Waals surface area contributed by atoms with Crippen LogP contribution in [0.1, 0.15) is 39.5 Å². The summed E-state index contributed by atoms with van der Waals surface area (Å²) in [6, 6.07) is 0. The van der Waals surface area contributed by atoms with Crippen molar-refractivity contribution in [1.82, 2.24) is 9.80 Å². The van der Waals surface area contributed by atoms with E-state index in [1.165, 1.54) is 25.7 Å². The monoisotopic (exact) mass is 484 g/mol. The van der Waals surface area contributed by atoms with Crippen molar-refractivity contribution in [2.24, 2.45) is 0 Å². The molecule has 196 valence electrons. The van der Waals surface area contributed by atoms with Crippen LogP contribution >= 0.6 is 0 Å². The van der Waals surface area contributed by atoms with Gasteiger partial charge < -0.3 is 35.4 Å². The summed E-state index contributed by atoms with van der Waals surface area (Å²) in [7, 11) is 0. The van der Waals surface area contributed by atoms with Gasteiger partial charge in [-0.3, -0.25) is 29.0 Å². The van der Waals surface area contributed by atoms with Gasteiger partial charge in [-0.05, 0) is 12.8 Å². The Kier molecular flexibility index (Phi) is 27.7. The number of hydrogen-bond donors (Lipinski definition) is 6. The van der Waals surface area contributed by atoms with Crippen molar-refractivity contribution in [1.29, 1.82) is 0 Å². The highest BCUT2D eigenvalue weighted by molar-refractivity contribution is 5.73. The first kappa shape index (κ1) is 35.3. The highest BCUT2D eigenvalue weighted by Gasteiger charge is 2.18. The highest BCUT2D eigenvalue weighted by atomic mass is 16.5. The molecule has 0 aliphatic rings. The molecule has 0 saturated heterocycles. The molecule has 0 unspecified atom stereocenters. The first-order valence-corrected chi connectivity index (χ1v) is 10.6. The van der Waals surface area contributed by atoms with Gasteiger partial charge in [0.05, 0.1) is 39.4 Å². The fraction of sp³-hybridized carbons (Fsp3) is 0.800. The van der Waals surface area contributed by atoms with Gasteiger partial charge in [0.25, 0.3) is 0 Å². The van der Waals surface area contributed by atoms with Crippen molar-refractivity contribution in [2.45, 2.75) is 39.5 Å². The number of carboxylic acid groups (broad SMARTS) is 4. The number of aliphatic carboxylic acids is 4. The molecule has 0 aromatic heterocycles. The normalized spacial score (nSPS) is 10.1. The second kappa shape index (κ2) is 25.9. The van der Waals surface area contributed by atoms with Crippen molar-refractivity contribution < 1.29 is 54.6 Å². The average molecular weight is 485 g/mol. The van der Waals surface area contributed by atoms with Gasteiger partial charge in [-0.15, -0.1) is 0 Å². The molecule has 13 nitrogen and oxygen atoms in total. The summed E-state index contributed by atoms with van der Waals surface area (Å²) in [6.07, 6.45) is 4.91. The summed E-state index contributed by atoms with van der Waals surface area (Å²) in [6.45, 7) is 3.78. The molecule has 0 spiro atoms. The van der Waals surface area contributed by atoms with Crippen molar-refractivity contribution in [3.05, 3.63) is 0 Å². The maximum atomic E-state index is 10.6. The number of aliphatic hydroxyl groups excluding tert-OH is 2. The number of ether oxygens (including phenoxy) is 1. The van der Waals surface area contributed by atoms with Crippen LogP contribution in [0.2, 0.25) is 0 Å². The molecule has 33 heavy (non-hydrogen) atoms. The highest BCUT2D eigenvalue weighted by Crippen LogP contribution is 1.94. The topological polar surface area (TPSA) is 205 Å². The molecule has 0 radical (unpaired) electrons. The van der Waals surface area contributed by atoms with Gasteiger partial charge >= 0.3 is 23.9 Å². The third-order valence-electron chi connectivity index (χ3n) is 3.55. The van der Waals surface area contributed by atoms with Gasteiger partial charge in [0.1, 0.15) is 0 Å². The van der Waals surface area contributed by atoms with Gasteiger partial charge in [0.15, 0.2) is 0 Å². The SMILES string of the molecule is CCCCOCCCC.O=C(O)CN(CCN(CC(=O)O)CC(=O)O)CC(=O)O.OCCO. The Bertz CT molecular complexity index is 442. The van der Waals surface area contributed by atoms with Crippen LogP contribution in [-0.4, -0.2) is 130 Å². The van der Waals surface area contributed by atoms with E-state index in [9.17, 15) is 19.2 Å². The molecule has 0 rings (SSSR count). The first-order valence-electron chi connectivity index (χ1n) is 10.6. The number of unbranched alkanes of at least 4 members (excludes halogenated alkanes) is 2. The lowest BCUT2D eigenvalue weighted by Crippen LogP contribution is -2.43. The standard InChI is InChI=1S/C10H16N2O8.C8H18O.C2H6O2/c13-7(14)3-11(4-8(15)16)1-2-12(5-9(17)18)6-10(19)20;1-3-5-7-9-8-6-4-2;3-1-2-4/h1-6H2,(H,13,14)(H,15,16)(H,17,18)(H,19,20);3-8H2,1-2H3;3-4H,1-2H2. The van der Waals surface area contributed by atoms with Crippen LogP contribution in [0.4, 0.5) is 0 Å². The number of carbonyl (C=O) groups is 4. The van der Waals surface area contributed by atoms with E-state index in [2.05, 4.69) is 13.8 Å². The van der Waals surface area contributed by atoms with Crippen LogP contribution in [0.3, 0.4) is 0 Å². The molecule has 0 saturated carbocycles. The lowest BCUT2D eigenvalue weighted by atomic mass is 10.3. The zero-order chi connectivity index (χ0) is 26.1. The van der Waals surface area contributed by atoms with E-state index in [1.54, 1.807) is 0 Å². The molecule has 0 aromatic rings. The van der Waals surface area contributed by atoms with Crippen LogP contribution in [0.5, 0.6) is 0 Å². The van der Waals surface area contributed by atoms with Crippen LogP contribution in [0, 0.1) is 0 Å². The average Bonchev–Trinajstić information content (AvgIpc) is 2.71. The predicted molar refractivity (Wildman–Crippen MR) is 118 cm³/mol. The van der Waals surface area contributed by atoms with E-state index in [1.807, 2.05) is 0 Å². The van der Waals surface area contributed by atoms with Crippen molar-refractivity contribution in [2.75, 3.05) is 65.7 Å². The van der Waals surface area contributed by atoms with Gasteiger partial charge in [-0.2, -0.15) is 0 Å². The third-order valence-corrected chi connectivity index (χ3v) is 3.55. The maximum Gasteiger partial charge on any atom is 0.317 e. The summed E-state index contributed by atoms with van der Waals surface area (Å²) >= 11 is 0. The fourth-order valence-electron chi connectivity index (χ4n) is 2.07. The zero-order valence-electron chi connectivity index (χ0n) is 19.5. The molecular weight excluding hydrogens is 444 g/mol. The minimum absolute atomic E-state index is 0.0703. The fourth-order valence-corrected chi connectivity index (χ4v) is 2.07. The number of carboxylic acids is 4. The summed E-state index contributed by atoms with van der Waals surface area (Å²) < 4.78 is 5.31. The number of rotatable bonds is 18. The van der Waals surface area contributed by atoms with E-state index in [-0.39, 0.29) is 26.3 Å². The first-order chi connectivity index (χ1) is 15.5. The molecule has 0 fully saturated rings.